The van der Waals surface area contributed by atoms with Gasteiger partial charge in [0.05, 0.1) is 18.7 Å². The first-order valence-electron chi connectivity index (χ1n) is 8.23. The van der Waals surface area contributed by atoms with Crippen LogP contribution in [0.2, 0.25) is 5.02 Å². The minimum atomic E-state index is -0.326. The molecule has 1 rings (SSSR count). The molecule has 0 aliphatic heterocycles. The topological polar surface area (TPSA) is 84.4 Å². The second-order valence-corrected chi connectivity index (χ2v) is 8.16. The van der Waals surface area contributed by atoms with E-state index in [1.807, 2.05) is 46.0 Å². The summed E-state index contributed by atoms with van der Waals surface area (Å²) in [5.74, 6) is 0.590. The highest BCUT2D eigenvalue weighted by atomic mass is 35.5. The lowest BCUT2D eigenvalue weighted by Gasteiger charge is -2.21. The number of benzene rings is 1. The maximum absolute atomic E-state index is 11.9. The smallest absolute Gasteiger partial charge is 0.258 e. The molecule has 25 heavy (non-hydrogen) atoms. The highest BCUT2D eigenvalue weighted by Gasteiger charge is 2.21. The van der Waals surface area contributed by atoms with E-state index in [0.29, 0.717) is 23.1 Å². The number of nitrogens with one attached hydrogen (secondary N) is 1. The number of amides is 1. The lowest BCUT2D eigenvalue weighted by atomic mass is 10.1. The Hall–Kier alpha value is -1.50. The van der Waals surface area contributed by atoms with Gasteiger partial charge in [0.25, 0.3) is 5.91 Å². The van der Waals surface area contributed by atoms with Crippen LogP contribution in [0.15, 0.2) is 12.1 Å². The van der Waals surface area contributed by atoms with Crippen LogP contribution in [0.3, 0.4) is 0 Å². The van der Waals surface area contributed by atoms with Crippen LogP contribution < -0.4 is 20.1 Å². The van der Waals surface area contributed by atoms with Crippen molar-refractivity contribution in [3.63, 3.8) is 0 Å². The van der Waals surface area contributed by atoms with Gasteiger partial charge in [-0.25, -0.2) is 0 Å². The molecule has 142 valence electrons. The van der Waals surface area contributed by atoms with Gasteiger partial charge in [0, 0.05) is 11.1 Å². The molecule has 4 N–H and O–H groups in total. The van der Waals surface area contributed by atoms with Crippen molar-refractivity contribution in [2.45, 2.75) is 52.2 Å². The van der Waals surface area contributed by atoms with Crippen LogP contribution in [0.5, 0.6) is 11.5 Å². The van der Waals surface area contributed by atoms with Gasteiger partial charge in [-0.05, 0) is 46.8 Å². The number of carbonyl (C=O) groups is 1. The fourth-order valence-corrected chi connectivity index (χ4v) is 2.37. The van der Waals surface area contributed by atoms with Crippen molar-refractivity contribution in [1.29, 1.82) is 0 Å². The van der Waals surface area contributed by atoms with Crippen molar-refractivity contribution >= 4 is 17.5 Å². The van der Waals surface area contributed by atoms with Crippen molar-refractivity contribution in [3.8, 4) is 11.5 Å². The zero-order valence-corrected chi connectivity index (χ0v) is 16.7. The normalized spacial score (nSPS) is 12.0. The predicted molar refractivity (Wildman–Crippen MR) is 98.2 cm³/mol. The largest absolute Gasteiger partial charge is 0.493 e. The van der Waals surface area contributed by atoms with Gasteiger partial charge in [0.2, 0.25) is 0 Å². The maximum atomic E-state index is 11.9. The highest BCUT2D eigenvalue weighted by Crippen LogP contribution is 2.36. The molecule has 7 heteroatoms. The second kappa shape index (κ2) is 8.74. The molecule has 0 aromatic heterocycles. The van der Waals surface area contributed by atoms with E-state index >= 15 is 0 Å². The number of rotatable bonds is 8. The summed E-state index contributed by atoms with van der Waals surface area (Å²) in [6, 6.07) is 3.61. The molecular weight excluding hydrogens is 344 g/mol. The van der Waals surface area contributed by atoms with E-state index in [4.69, 9.17) is 21.1 Å². The quantitative estimate of drug-likeness (QED) is 0.644. The van der Waals surface area contributed by atoms with E-state index in [0.717, 1.165) is 5.56 Å². The van der Waals surface area contributed by atoms with Gasteiger partial charge in [-0.3, -0.25) is 4.79 Å². The first-order valence-corrected chi connectivity index (χ1v) is 8.60. The number of nitrogens with two attached hydrogens (primary N) is 1. The van der Waals surface area contributed by atoms with Gasteiger partial charge >= 0.3 is 0 Å². The fraction of sp³-hybridized carbons (Fsp3) is 0.611. The Kier molecular flexibility index (Phi) is 7.53. The average Bonchev–Trinajstić information content (AvgIpc) is 2.49. The first-order chi connectivity index (χ1) is 11.5. The monoisotopic (exact) mass is 373 g/mol. The molecule has 0 radical (unpaired) electrons. The van der Waals surface area contributed by atoms with E-state index in [-0.39, 0.29) is 30.2 Å². The van der Waals surface area contributed by atoms with Crippen LogP contribution in [0.25, 0.3) is 0 Å². The predicted octanol–water partition coefficient (Wildman–Crippen LogP) is 1.48. The zero-order valence-electron chi connectivity index (χ0n) is 15.9. The van der Waals surface area contributed by atoms with Crippen LogP contribution in [0.4, 0.5) is 0 Å². The molecule has 0 bridgehead atoms. The number of aliphatic hydroxyl groups excluding tert-OH is 1. The first kappa shape index (κ1) is 21.5. The van der Waals surface area contributed by atoms with Crippen molar-refractivity contribution in [2.75, 3.05) is 20.3 Å². The number of aliphatic hydroxyl groups is 1. The third-order valence-corrected chi connectivity index (χ3v) is 3.73. The van der Waals surface area contributed by atoms with E-state index in [1.54, 1.807) is 6.07 Å². The number of carbonyl (C=O) groups excluding carboxylic acids is 1. The molecule has 0 aliphatic carbocycles. The van der Waals surface area contributed by atoms with Gasteiger partial charge in [-0.1, -0.05) is 11.6 Å². The third-order valence-electron chi connectivity index (χ3n) is 3.45. The summed E-state index contributed by atoms with van der Waals surface area (Å²) >= 11 is 6.31. The van der Waals surface area contributed by atoms with Crippen molar-refractivity contribution in [2.24, 2.45) is 0 Å². The molecule has 0 spiro atoms. The molecule has 1 amide bonds. The molecule has 0 saturated carbocycles. The van der Waals surface area contributed by atoms with Crippen LogP contribution in [-0.2, 0) is 11.3 Å². The maximum Gasteiger partial charge on any atom is 0.258 e. The standard InChI is InChI=1S/C18H29ClN2O4/c1-17(2,3)21-15(23)10-25-16-13(19)7-12(8-14(16)24-6)9-20-18(4,5)11-22/h7-8,20,22H,9-11H2,1-6H3,(H,21,23)/p+1. The number of ether oxygens (including phenoxy) is 2. The number of halogens is 1. The second-order valence-electron chi connectivity index (χ2n) is 7.75. The van der Waals surface area contributed by atoms with E-state index in [2.05, 4.69) is 5.32 Å². The summed E-state index contributed by atoms with van der Waals surface area (Å²) in [5, 5.41) is 14.6. The fourth-order valence-electron chi connectivity index (χ4n) is 2.08. The summed E-state index contributed by atoms with van der Waals surface area (Å²) in [4.78, 5) is 11.9. The molecule has 0 unspecified atom stereocenters. The minimum Gasteiger partial charge on any atom is -0.493 e. The van der Waals surface area contributed by atoms with Gasteiger partial charge in [0.1, 0.15) is 12.1 Å². The molecule has 0 saturated heterocycles. The molecule has 0 fully saturated rings. The molecule has 6 nitrogen and oxygen atoms in total. The summed E-state index contributed by atoms with van der Waals surface area (Å²) in [6.07, 6.45) is 0. The van der Waals surface area contributed by atoms with E-state index in [9.17, 15) is 9.90 Å². The number of hydrogen-bond acceptors (Lipinski definition) is 4. The summed E-state index contributed by atoms with van der Waals surface area (Å²) in [7, 11) is 1.53. The van der Waals surface area contributed by atoms with E-state index < -0.39 is 0 Å². The SMILES string of the molecule is COc1cc(C[NH2+]C(C)(C)CO)cc(Cl)c1OCC(=O)NC(C)(C)C. The van der Waals surface area contributed by atoms with Crippen molar-refractivity contribution < 1.29 is 24.7 Å². The molecule has 1 aromatic carbocycles. The third kappa shape index (κ3) is 7.50. The lowest BCUT2D eigenvalue weighted by Crippen LogP contribution is -2.95. The Balaban J connectivity index is 2.83. The molecule has 0 heterocycles. The Morgan fingerprint density at radius 3 is 2.44 bits per heavy atom. The average molecular weight is 374 g/mol. The van der Waals surface area contributed by atoms with Crippen LogP contribution >= 0.6 is 11.6 Å². The van der Waals surface area contributed by atoms with Crippen LogP contribution in [0.1, 0.15) is 40.2 Å². The molecular formula is C18H30ClN2O4+. The summed E-state index contributed by atoms with van der Waals surface area (Å²) < 4.78 is 10.9. The van der Waals surface area contributed by atoms with Crippen LogP contribution in [-0.4, -0.2) is 42.4 Å². The number of quaternary nitrogens is 1. The van der Waals surface area contributed by atoms with E-state index in [1.165, 1.54) is 7.11 Å². The van der Waals surface area contributed by atoms with Crippen LogP contribution in [0, 0.1) is 0 Å². The Labute approximate surface area is 154 Å². The molecule has 0 atom stereocenters. The summed E-state index contributed by atoms with van der Waals surface area (Å²) in [6.45, 7) is 10.2. The van der Waals surface area contributed by atoms with Gasteiger partial charge in [0.15, 0.2) is 18.1 Å². The Bertz CT molecular complexity index is 597. The Morgan fingerprint density at radius 1 is 1.28 bits per heavy atom. The highest BCUT2D eigenvalue weighted by molar-refractivity contribution is 6.32. The lowest BCUT2D eigenvalue weighted by molar-refractivity contribution is -0.736. The van der Waals surface area contributed by atoms with Gasteiger partial charge < -0.3 is 25.2 Å². The number of hydrogen-bond donors (Lipinski definition) is 3. The van der Waals surface area contributed by atoms with Crippen molar-refractivity contribution in [3.05, 3.63) is 22.7 Å². The number of methoxy groups -OCH3 is 1. The zero-order chi connectivity index (χ0) is 19.3. The summed E-state index contributed by atoms with van der Waals surface area (Å²) in [5.41, 5.74) is 0.336. The van der Waals surface area contributed by atoms with Gasteiger partial charge in [-0.2, -0.15) is 0 Å². The Morgan fingerprint density at radius 2 is 1.92 bits per heavy atom. The minimum absolute atomic E-state index is 0.0714. The van der Waals surface area contributed by atoms with Gasteiger partial charge in [-0.15, -0.1) is 0 Å². The van der Waals surface area contributed by atoms with Crippen molar-refractivity contribution in [1.82, 2.24) is 5.32 Å². The molecule has 1 aromatic rings. The molecule has 0 aliphatic rings.